The van der Waals surface area contributed by atoms with Gasteiger partial charge in [-0.1, -0.05) is 110 Å². The van der Waals surface area contributed by atoms with Gasteiger partial charge < -0.3 is 24.6 Å². The lowest BCUT2D eigenvalue weighted by Gasteiger charge is -2.44. The second-order valence-corrected chi connectivity index (χ2v) is 12.6. The van der Waals surface area contributed by atoms with Crippen LogP contribution in [0.1, 0.15) is 150 Å². The summed E-state index contributed by atoms with van der Waals surface area (Å²) in [5.41, 5.74) is 0. The van der Waals surface area contributed by atoms with Gasteiger partial charge in [0.05, 0.1) is 32.1 Å². The number of carbonyl (C=O) groups is 3. The summed E-state index contributed by atoms with van der Waals surface area (Å²) in [5.74, 6) is -5.00. The molecule has 0 heterocycles. The number of quaternary nitrogens is 1. The highest BCUT2D eigenvalue weighted by Crippen LogP contribution is 2.25. The van der Waals surface area contributed by atoms with Crippen LogP contribution in [-0.2, 0) is 14.4 Å². The first-order chi connectivity index (χ1) is 20.2. The van der Waals surface area contributed by atoms with E-state index in [1.54, 1.807) is 6.92 Å². The van der Waals surface area contributed by atoms with E-state index in [0.29, 0.717) is 25.8 Å². The van der Waals surface area contributed by atoms with Gasteiger partial charge in [0.2, 0.25) is 0 Å². The van der Waals surface area contributed by atoms with Crippen LogP contribution in [0.15, 0.2) is 12.2 Å². The lowest BCUT2D eigenvalue weighted by Crippen LogP contribution is -2.59. The fourth-order valence-electron chi connectivity index (χ4n) is 6.08. The Morgan fingerprint density at radius 1 is 0.571 bits per heavy atom. The van der Waals surface area contributed by atoms with Crippen LogP contribution in [0, 0.1) is 17.8 Å². The Hall–Kier alpha value is -1.89. The Morgan fingerprint density at radius 3 is 1.29 bits per heavy atom. The minimum atomic E-state index is -1.15. The standard InChI is InChI=1S/C35H65NO6/c1-5-9-10-11-12-13-14-15-16-17-18-19-20-21-22-23-24-25-26-36(27-30(6-2)33(37)38,28-31(7-3)34(39)40)29-32(8-4)35(41)42/h21-22,30-32H,5-20,23-29H2,1-4H3,(H2-,37,38,39,40,41,42)/b22-21+. The Balaban J connectivity index is 4.77. The van der Waals surface area contributed by atoms with Crippen LogP contribution < -0.4 is 5.11 Å². The number of unbranched alkanes of at least 4 members (excludes halogenated alkanes) is 14. The Bertz CT molecular complexity index is 677. The summed E-state index contributed by atoms with van der Waals surface area (Å²) in [5, 5.41) is 31.5. The van der Waals surface area contributed by atoms with Gasteiger partial charge in [-0.15, -0.1) is 0 Å². The normalized spacial score (nSPS) is 15.3. The third kappa shape index (κ3) is 19.3. The number of hydrogen-bond donors (Lipinski definition) is 2. The largest absolute Gasteiger partial charge is 0.550 e. The molecular formula is C35H65NO6. The number of carbonyl (C=O) groups excluding carboxylic acids is 1. The highest BCUT2D eigenvalue weighted by atomic mass is 16.4. The topological polar surface area (TPSA) is 115 Å². The van der Waals surface area contributed by atoms with Gasteiger partial charge in [0.1, 0.15) is 11.8 Å². The smallest absolute Gasteiger partial charge is 0.312 e. The second kappa shape index (κ2) is 25.6. The second-order valence-electron chi connectivity index (χ2n) is 12.6. The number of nitrogens with zero attached hydrogens (tertiary/aromatic N) is 1. The third-order valence-corrected chi connectivity index (χ3v) is 8.98. The van der Waals surface area contributed by atoms with E-state index in [-0.39, 0.29) is 24.1 Å². The van der Waals surface area contributed by atoms with Crippen molar-refractivity contribution in [1.82, 2.24) is 0 Å². The Labute approximate surface area is 257 Å². The summed E-state index contributed by atoms with van der Waals surface area (Å²) in [6.07, 6.45) is 25.6. The maximum atomic E-state index is 12.0. The molecule has 0 fully saturated rings. The van der Waals surface area contributed by atoms with Gasteiger partial charge in [-0.25, -0.2) is 0 Å². The molecule has 0 aromatic rings. The fraction of sp³-hybridized carbons (Fsp3) is 0.857. The van der Waals surface area contributed by atoms with Crippen LogP contribution in [0.25, 0.3) is 0 Å². The van der Waals surface area contributed by atoms with Crippen molar-refractivity contribution in [2.45, 2.75) is 150 Å². The molecule has 0 aliphatic carbocycles. The molecule has 0 aromatic carbocycles. The van der Waals surface area contributed by atoms with Gasteiger partial charge >= 0.3 is 11.9 Å². The van der Waals surface area contributed by atoms with E-state index < -0.39 is 35.7 Å². The summed E-state index contributed by atoms with van der Waals surface area (Å²) >= 11 is 0. The van der Waals surface area contributed by atoms with E-state index in [9.17, 15) is 29.7 Å². The van der Waals surface area contributed by atoms with E-state index in [1.807, 2.05) is 13.8 Å². The molecule has 0 aromatic heterocycles. The molecule has 0 radical (unpaired) electrons. The molecule has 0 aliphatic rings. The van der Waals surface area contributed by atoms with Gasteiger partial charge in [-0.2, -0.15) is 0 Å². The average Bonchev–Trinajstić information content (AvgIpc) is 2.96. The van der Waals surface area contributed by atoms with Crippen LogP contribution in [0.2, 0.25) is 0 Å². The van der Waals surface area contributed by atoms with Crippen LogP contribution in [-0.4, -0.2) is 58.8 Å². The zero-order valence-electron chi connectivity index (χ0n) is 27.6. The van der Waals surface area contributed by atoms with E-state index >= 15 is 0 Å². The molecule has 42 heavy (non-hydrogen) atoms. The summed E-state index contributed by atoms with van der Waals surface area (Å²) in [6, 6.07) is 0. The van der Waals surface area contributed by atoms with Gasteiger partial charge in [0, 0.05) is 5.92 Å². The van der Waals surface area contributed by atoms with E-state index in [4.69, 9.17) is 0 Å². The van der Waals surface area contributed by atoms with Crippen LogP contribution in [0.5, 0.6) is 0 Å². The van der Waals surface area contributed by atoms with Gasteiger partial charge in [-0.05, 0) is 51.4 Å². The first kappa shape index (κ1) is 40.1. The molecule has 0 saturated carbocycles. The SMILES string of the molecule is CCCCCCCCCCCCCC/C=C/CCCC[N+](CC(CC)C(=O)[O-])(CC(CC)C(=O)O)CC(CC)C(=O)O. The predicted molar refractivity (Wildman–Crippen MR) is 170 cm³/mol. The van der Waals surface area contributed by atoms with Crippen molar-refractivity contribution >= 4 is 17.9 Å². The maximum Gasteiger partial charge on any atom is 0.312 e. The molecule has 0 amide bonds. The maximum absolute atomic E-state index is 12.0. The van der Waals surface area contributed by atoms with Crippen molar-refractivity contribution < 1.29 is 34.2 Å². The molecule has 0 aliphatic heterocycles. The molecule has 246 valence electrons. The van der Waals surface area contributed by atoms with Crippen molar-refractivity contribution in [3.05, 3.63) is 12.2 Å². The Morgan fingerprint density at radius 2 is 0.929 bits per heavy atom. The highest BCUT2D eigenvalue weighted by Gasteiger charge is 2.39. The monoisotopic (exact) mass is 595 g/mol. The van der Waals surface area contributed by atoms with E-state index in [0.717, 1.165) is 25.7 Å². The number of carboxylic acid groups (broad SMARTS) is 3. The number of allylic oxidation sites excluding steroid dienone is 2. The number of rotatable bonds is 30. The molecular weight excluding hydrogens is 530 g/mol. The molecule has 0 rings (SSSR count). The molecule has 7 nitrogen and oxygen atoms in total. The van der Waals surface area contributed by atoms with E-state index in [2.05, 4.69) is 19.1 Å². The number of carboxylic acids is 3. The molecule has 0 bridgehead atoms. The first-order valence-corrected chi connectivity index (χ1v) is 17.3. The van der Waals surface area contributed by atoms with Crippen LogP contribution in [0.3, 0.4) is 0 Å². The zero-order valence-corrected chi connectivity index (χ0v) is 27.6. The van der Waals surface area contributed by atoms with Crippen LogP contribution in [0.4, 0.5) is 0 Å². The minimum Gasteiger partial charge on any atom is -0.550 e. The average molecular weight is 596 g/mol. The number of hydrogen-bond acceptors (Lipinski definition) is 4. The van der Waals surface area contributed by atoms with Gasteiger partial charge in [0.25, 0.3) is 0 Å². The summed E-state index contributed by atoms with van der Waals surface area (Å²) in [4.78, 5) is 35.8. The molecule has 0 spiro atoms. The number of aliphatic carboxylic acids is 3. The fourth-order valence-corrected chi connectivity index (χ4v) is 6.08. The van der Waals surface area contributed by atoms with E-state index in [1.165, 1.54) is 77.0 Å². The molecule has 0 saturated heterocycles. The minimum absolute atomic E-state index is 0.199. The first-order valence-electron chi connectivity index (χ1n) is 17.3. The van der Waals surface area contributed by atoms with Gasteiger partial charge in [-0.3, -0.25) is 9.59 Å². The van der Waals surface area contributed by atoms with Gasteiger partial charge in [0.15, 0.2) is 0 Å². The van der Waals surface area contributed by atoms with Crippen LogP contribution >= 0.6 is 0 Å². The zero-order chi connectivity index (χ0) is 31.6. The summed E-state index contributed by atoms with van der Waals surface area (Å²) in [7, 11) is 0. The van der Waals surface area contributed by atoms with Crippen molar-refractivity contribution in [2.24, 2.45) is 17.8 Å². The molecule has 3 unspecified atom stereocenters. The molecule has 7 heteroatoms. The summed E-state index contributed by atoms with van der Waals surface area (Å²) < 4.78 is 0.199. The summed E-state index contributed by atoms with van der Waals surface area (Å²) in [6.45, 7) is 8.96. The lowest BCUT2D eigenvalue weighted by atomic mass is 9.95. The van der Waals surface area contributed by atoms with Crippen molar-refractivity contribution in [2.75, 3.05) is 26.2 Å². The molecule has 3 atom stereocenters. The lowest BCUT2D eigenvalue weighted by molar-refractivity contribution is -0.935. The van der Waals surface area contributed by atoms with Crippen molar-refractivity contribution in [3.63, 3.8) is 0 Å². The predicted octanol–water partition coefficient (Wildman–Crippen LogP) is 7.62. The van der Waals surface area contributed by atoms with Crippen molar-refractivity contribution in [1.29, 1.82) is 0 Å². The Kier molecular flexibility index (Phi) is 24.4. The van der Waals surface area contributed by atoms with Crippen molar-refractivity contribution in [3.8, 4) is 0 Å². The molecule has 2 N–H and O–H groups in total. The quantitative estimate of drug-likeness (QED) is 0.0501. The third-order valence-electron chi connectivity index (χ3n) is 8.98. The highest BCUT2D eigenvalue weighted by molar-refractivity contribution is 5.70.